The summed E-state index contributed by atoms with van der Waals surface area (Å²) in [4.78, 5) is 23.8. The van der Waals surface area contributed by atoms with Crippen molar-refractivity contribution in [2.45, 2.75) is 19.3 Å². The molecule has 1 saturated heterocycles. The summed E-state index contributed by atoms with van der Waals surface area (Å²) in [5.74, 6) is 0. The SMILES string of the molecule is C=c1/c(=C/NN2CCCCC2)c(=O)n(C)c(=O)n1C. The molecule has 6 nitrogen and oxygen atoms in total. The molecule has 0 spiro atoms. The summed E-state index contributed by atoms with van der Waals surface area (Å²) in [7, 11) is 3.09. The highest BCUT2D eigenvalue weighted by atomic mass is 16.2. The third kappa shape index (κ3) is 2.63. The minimum absolute atomic E-state index is 0.322. The van der Waals surface area contributed by atoms with E-state index < -0.39 is 0 Å². The van der Waals surface area contributed by atoms with Crippen molar-refractivity contribution in [1.82, 2.24) is 19.6 Å². The van der Waals surface area contributed by atoms with Crippen LogP contribution in [0.25, 0.3) is 12.8 Å². The van der Waals surface area contributed by atoms with Gasteiger partial charge in [0.25, 0.3) is 5.56 Å². The smallest absolute Gasteiger partial charge is 0.325 e. The van der Waals surface area contributed by atoms with E-state index >= 15 is 0 Å². The quantitative estimate of drug-likeness (QED) is 0.686. The van der Waals surface area contributed by atoms with Crippen LogP contribution >= 0.6 is 0 Å². The summed E-state index contributed by atoms with van der Waals surface area (Å²) in [6.45, 7) is 5.74. The van der Waals surface area contributed by atoms with Gasteiger partial charge in [0.1, 0.15) is 0 Å². The van der Waals surface area contributed by atoms with Crippen molar-refractivity contribution in [1.29, 1.82) is 0 Å². The summed E-state index contributed by atoms with van der Waals surface area (Å²) < 4.78 is 2.48. The van der Waals surface area contributed by atoms with Crippen LogP contribution in [0.4, 0.5) is 0 Å². The van der Waals surface area contributed by atoms with E-state index in [0.717, 1.165) is 30.5 Å². The summed E-state index contributed by atoms with van der Waals surface area (Å²) in [5.41, 5.74) is 2.46. The first-order valence-electron chi connectivity index (χ1n) is 6.48. The second kappa shape index (κ2) is 5.44. The molecule has 2 heterocycles. The van der Waals surface area contributed by atoms with Crippen LogP contribution < -0.4 is 27.2 Å². The maximum atomic E-state index is 12.1. The van der Waals surface area contributed by atoms with Gasteiger partial charge in [0.2, 0.25) is 0 Å². The number of hydrazine groups is 1. The Kier molecular flexibility index (Phi) is 3.90. The molecule has 1 aliphatic heterocycles. The minimum Gasteiger partial charge on any atom is -0.325 e. The molecule has 1 aliphatic rings. The van der Waals surface area contributed by atoms with Crippen molar-refractivity contribution in [3.63, 3.8) is 0 Å². The average Bonchev–Trinajstić information content (AvgIpc) is 2.44. The van der Waals surface area contributed by atoms with E-state index in [1.54, 1.807) is 13.2 Å². The van der Waals surface area contributed by atoms with E-state index in [9.17, 15) is 9.59 Å². The fourth-order valence-corrected chi connectivity index (χ4v) is 2.24. The molecule has 0 bridgehead atoms. The molecule has 1 aromatic rings. The van der Waals surface area contributed by atoms with Crippen LogP contribution in [-0.4, -0.2) is 27.2 Å². The lowest BCUT2D eigenvalue weighted by Gasteiger charge is -2.25. The van der Waals surface area contributed by atoms with Gasteiger partial charge in [-0.3, -0.25) is 13.9 Å². The van der Waals surface area contributed by atoms with Crippen LogP contribution in [0, 0.1) is 0 Å². The molecule has 104 valence electrons. The second-order valence-corrected chi connectivity index (χ2v) is 4.89. The predicted octanol–water partition coefficient (Wildman–Crippen LogP) is -1.78. The van der Waals surface area contributed by atoms with Crippen molar-refractivity contribution < 1.29 is 0 Å². The summed E-state index contributed by atoms with van der Waals surface area (Å²) in [6, 6.07) is 0. The first-order chi connectivity index (χ1) is 9.02. The molecule has 0 unspecified atom stereocenters. The van der Waals surface area contributed by atoms with Gasteiger partial charge in [0, 0.05) is 33.4 Å². The van der Waals surface area contributed by atoms with E-state index in [1.165, 1.54) is 18.0 Å². The van der Waals surface area contributed by atoms with E-state index in [-0.39, 0.29) is 11.2 Å². The maximum Gasteiger partial charge on any atom is 0.330 e. The number of rotatable bonds is 2. The lowest BCUT2D eigenvalue weighted by Crippen LogP contribution is -2.57. The van der Waals surface area contributed by atoms with Crippen LogP contribution in [0.5, 0.6) is 0 Å². The zero-order valence-corrected chi connectivity index (χ0v) is 11.5. The molecule has 0 radical (unpaired) electrons. The van der Waals surface area contributed by atoms with E-state index in [4.69, 9.17) is 0 Å². The molecular formula is C13H20N4O2. The van der Waals surface area contributed by atoms with Gasteiger partial charge in [0.15, 0.2) is 0 Å². The van der Waals surface area contributed by atoms with Gasteiger partial charge in [-0.1, -0.05) is 13.0 Å². The van der Waals surface area contributed by atoms with Crippen LogP contribution in [-0.2, 0) is 14.1 Å². The van der Waals surface area contributed by atoms with Gasteiger partial charge in [-0.2, -0.15) is 0 Å². The highest BCUT2D eigenvalue weighted by Crippen LogP contribution is 2.05. The zero-order valence-electron chi connectivity index (χ0n) is 11.5. The molecule has 1 aromatic heterocycles. The fourth-order valence-electron chi connectivity index (χ4n) is 2.24. The predicted molar refractivity (Wildman–Crippen MR) is 74.7 cm³/mol. The molecule has 2 rings (SSSR count). The third-order valence-corrected chi connectivity index (χ3v) is 3.57. The molecule has 6 heteroatoms. The zero-order chi connectivity index (χ0) is 14.0. The van der Waals surface area contributed by atoms with Crippen LogP contribution in [0.15, 0.2) is 9.59 Å². The standard InChI is InChI=1S/C13H20N4O2/c1-10-11(9-14-17-7-5-4-6-8-17)12(18)16(3)13(19)15(10)2/h9,14H,1,4-8H2,2-3H3/b11-9-. The Bertz CT molecular complexity index is 637. The molecule has 0 aromatic carbocycles. The Labute approximate surface area is 111 Å². The molecular weight excluding hydrogens is 244 g/mol. The van der Waals surface area contributed by atoms with Crippen molar-refractivity contribution >= 4 is 12.8 Å². The monoisotopic (exact) mass is 264 g/mol. The number of aromatic nitrogens is 2. The fraction of sp³-hybridized carbons (Fsp3) is 0.538. The molecule has 0 atom stereocenters. The van der Waals surface area contributed by atoms with Crippen molar-refractivity contribution in [2.24, 2.45) is 14.1 Å². The lowest BCUT2D eigenvalue weighted by atomic mass is 10.2. The number of piperidine rings is 1. The normalized spacial score (nSPS) is 17.7. The van der Waals surface area contributed by atoms with Gasteiger partial charge < -0.3 is 5.43 Å². The van der Waals surface area contributed by atoms with Gasteiger partial charge in [0.05, 0.1) is 10.6 Å². The maximum absolute atomic E-state index is 12.1. The highest BCUT2D eigenvalue weighted by Gasteiger charge is 2.08. The number of nitrogens with one attached hydrogen (secondary N) is 1. The molecule has 19 heavy (non-hydrogen) atoms. The molecule has 1 fully saturated rings. The highest BCUT2D eigenvalue weighted by molar-refractivity contribution is 5.19. The minimum atomic E-state index is -0.356. The van der Waals surface area contributed by atoms with Crippen molar-refractivity contribution in [2.75, 3.05) is 13.1 Å². The Morgan fingerprint density at radius 2 is 1.74 bits per heavy atom. The number of nitrogens with zero attached hydrogens (tertiary/aromatic N) is 3. The number of hydrogen-bond acceptors (Lipinski definition) is 4. The summed E-state index contributed by atoms with van der Waals surface area (Å²) in [6.07, 6.45) is 5.21. The average molecular weight is 264 g/mol. The molecule has 1 N–H and O–H groups in total. The van der Waals surface area contributed by atoms with Crippen LogP contribution in [0.1, 0.15) is 19.3 Å². The topological polar surface area (TPSA) is 59.3 Å². The third-order valence-electron chi connectivity index (χ3n) is 3.57. The van der Waals surface area contributed by atoms with E-state index in [2.05, 4.69) is 17.0 Å². The second-order valence-electron chi connectivity index (χ2n) is 4.89. The first kappa shape index (κ1) is 13.6. The van der Waals surface area contributed by atoms with Gasteiger partial charge in [-0.05, 0) is 12.8 Å². The van der Waals surface area contributed by atoms with Crippen molar-refractivity contribution in [3.8, 4) is 0 Å². The summed E-state index contributed by atoms with van der Waals surface area (Å²) >= 11 is 0. The molecule has 0 aliphatic carbocycles. The van der Waals surface area contributed by atoms with Crippen LogP contribution in [0.2, 0.25) is 0 Å². The van der Waals surface area contributed by atoms with Crippen molar-refractivity contribution in [3.05, 3.63) is 31.4 Å². The molecule has 0 saturated carbocycles. The van der Waals surface area contributed by atoms with E-state index in [0.29, 0.717) is 10.6 Å². The van der Waals surface area contributed by atoms with Gasteiger partial charge >= 0.3 is 5.69 Å². The largest absolute Gasteiger partial charge is 0.330 e. The Hall–Kier alpha value is -1.82. The Morgan fingerprint density at radius 3 is 2.37 bits per heavy atom. The summed E-state index contributed by atoms with van der Waals surface area (Å²) in [5, 5.41) is 2.93. The molecule has 0 amide bonds. The van der Waals surface area contributed by atoms with Gasteiger partial charge in [-0.25, -0.2) is 9.80 Å². The lowest BCUT2D eigenvalue weighted by molar-refractivity contribution is 0.192. The van der Waals surface area contributed by atoms with Gasteiger partial charge in [-0.15, -0.1) is 0 Å². The first-order valence-corrected chi connectivity index (χ1v) is 6.48. The Balaban J connectivity index is 2.42. The Morgan fingerprint density at radius 1 is 1.11 bits per heavy atom. The van der Waals surface area contributed by atoms with E-state index in [1.807, 2.05) is 0 Å². The number of hydrogen-bond donors (Lipinski definition) is 1. The van der Waals surface area contributed by atoms with Crippen LogP contribution in [0.3, 0.4) is 0 Å².